The first-order chi connectivity index (χ1) is 11.7. The van der Waals surface area contributed by atoms with Crippen molar-refractivity contribution in [1.82, 2.24) is 15.5 Å². The van der Waals surface area contributed by atoms with Crippen molar-refractivity contribution in [3.05, 3.63) is 47.8 Å². The van der Waals surface area contributed by atoms with Crippen LogP contribution in [0.5, 0.6) is 5.75 Å². The number of fused-ring (bicyclic) bond motifs is 1. The molecule has 2 aromatic carbocycles. The van der Waals surface area contributed by atoms with Gasteiger partial charge in [0.2, 0.25) is 0 Å². The molecule has 1 aromatic heterocycles. The molecular weight excluding hydrogens is 309 g/mol. The van der Waals surface area contributed by atoms with E-state index in [9.17, 15) is 9.18 Å². The molecule has 6 heteroatoms. The summed E-state index contributed by atoms with van der Waals surface area (Å²) in [6, 6.07) is 9.97. The zero-order valence-corrected chi connectivity index (χ0v) is 13.1. The van der Waals surface area contributed by atoms with Crippen LogP contribution in [0.4, 0.5) is 4.39 Å². The molecule has 1 saturated carbocycles. The van der Waals surface area contributed by atoms with E-state index in [1.165, 1.54) is 19.2 Å². The molecule has 1 aliphatic carbocycles. The Morgan fingerprint density at radius 1 is 1.33 bits per heavy atom. The number of hydrogen-bond donors (Lipinski definition) is 2. The van der Waals surface area contributed by atoms with Crippen LogP contribution in [0.1, 0.15) is 23.2 Å². The largest absolute Gasteiger partial charge is 0.496 e. The van der Waals surface area contributed by atoms with Crippen LogP contribution in [0.25, 0.3) is 22.2 Å². The minimum absolute atomic E-state index is 0.164. The predicted molar refractivity (Wildman–Crippen MR) is 88.5 cm³/mol. The summed E-state index contributed by atoms with van der Waals surface area (Å²) in [5, 5.41) is 10.9. The number of halogens is 1. The summed E-state index contributed by atoms with van der Waals surface area (Å²) < 4.78 is 18.9. The van der Waals surface area contributed by atoms with Gasteiger partial charge in [0.1, 0.15) is 17.3 Å². The van der Waals surface area contributed by atoms with Gasteiger partial charge in [-0.3, -0.25) is 9.89 Å². The van der Waals surface area contributed by atoms with E-state index < -0.39 is 0 Å². The molecule has 0 aliphatic heterocycles. The number of rotatable bonds is 4. The van der Waals surface area contributed by atoms with Gasteiger partial charge in [-0.25, -0.2) is 4.39 Å². The molecule has 4 rings (SSSR count). The average molecular weight is 325 g/mol. The molecular formula is C18H16FN3O2. The molecule has 1 amide bonds. The van der Waals surface area contributed by atoms with Crippen LogP contribution in [-0.4, -0.2) is 29.3 Å². The van der Waals surface area contributed by atoms with Crippen molar-refractivity contribution in [3.63, 3.8) is 0 Å². The summed E-state index contributed by atoms with van der Waals surface area (Å²) in [6.45, 7) is 0. The van der Waals surface area contributed by atoms with Crippen molar-refractivity contribution in [2.24, 2.45) is 0 Å². The molecule has 0 unspecified atom stereocenters. The van der Waals surface area contributed by atoms with Gasteiger partial charge >= 0.3 is 0 Å². The van der Waals surface area contributed by atoms with Crippen molar-refractivity contribution in [3.8, 4) is 17.0 Å². The third-order valence-corrected chi connectivity index (χ3v) is 4.14. The summed E-state index contributed by atoms with van der Waals surface area (Å²) in [5.41, 5.74) is 2.44. The van der Waals surface area contributed by atoms with E-state index in [0.29, 0.717) is 22.6 Å². The molecule has 0 atom stereocenters. The minimum atomic E-state index is -0.330. The highest BCUT2D eigenvalue weighted by Gasteiger charge is 2.26. The third-order valence-electron chi connectivity index (χ3n) is 4.14. The Morgan fingerprint density at radius 2 is 2.17 bits per heavy atom. The highest BCUT2D eigenvalue weighted by atomic mass is 19.1. The maximum Gasteiger partial charge on any atom is 0.255 e. The molecule has 0 bridgehead atoms. The number of H-pyrrole nitrogens is 1. The number of aromatic nitrogens is 2. The number of nitrogens with one attached hydrogen (secondary N) is 2. The quantitative estimate of drug-likeness (QED) is 0.773. The molecule has 0 saturated heterocycles. The molecule has 5 nitrogen and oxygen atoms in total. The Bertz CT molecular complexity index is 931. The van der Waals surface area contributed by atoms with Crippen LogP contribution in [-0.2, 0) is 0 Å². The molecule has 1 aliphatic rings. The van der Waals surface area contributed by atoms with E-state index in [0.717, 1.165) is 23.7 Å². The lowest BCUT2D eigenvalue weighted by atomic mass is 10.0. The van der Waals surface area contributed by atoms with Crippen LogP contribution in [0.15, 0.2) is 36.4 Å². The number of aromatic amines is 1. The third kappa shape index (κ3) is 2.60. The Morgan fingerprint density at radius 3 is 2.88 bits per heavy atom. The second-order valence-corrected chi connectivity index (χ2v) is 5.93. The summed E-state index contributed by atoms with van der Waals surface area (Å²) in [7, 11) is 1.53. The number of carbonyl (C=O) groups excluding carboxylic acids is 1. The zero-order valence-electron chi connectivity index (χ0n) is 13.1. The molecule has 24 heavy (non-hydrogen) atoms. The van der Waals surface area contributed by atoms with Gasteiger partial charge in [-0.2, -0.15) is 5.10 Å². The van der Waals surface area contributed by atoms with Crippen molar-refractivity contribution in [1.29, 1.82) is 0 Å². The fourth-order valence-electron chi connectivity index (χ4n) is 2.74. The van der Waals surface area contributed by atoms with Crippen molar-refractivity contribution >= 4 is 16.8 Å². The summed E-state index contributed by atoms with van der Waals surface area (Å²) >= 11 is 0. The van der Waals surface area contributed by atoms with Crippen LogP contribution in [0.2, 0.25) is 0 Å². The van der Waals surface area contributed by atoms with Crippen molar-refractivity contribution in [2.75, 3.05) is 7.11 Å². The lowest BCUT2D eigenvalue weighted by molar-refractivity contribution is 0.0948. The van der Waals surface area contributed by atoms with Crippen molar-refractivity contribution < 1.29 is 13.9 Å². The minimum Gasteiger partial charge on any atom is -0.496 e. The van der Waals surface area contributed by atoms with Crippen LogP contribution in [0, 0.1) is 5.82 Å². The number of benzene rings is 2. The predicted octanol–water partition coefficient (Wildman–Crippen LogP) is 3.27. The average Bonchev–Trinajstić information content (AvgIpc) is 3.30. The van der Waals surface area contributed by atoms with Crippen LogP contribution in [0.3, 0.4) is 0 Å². The summed E-state index contributed by atoms with van der Waals surface area (Å²) in [6.07, 6.45) is 2.02. The van der Waals surface area contributed by atoms with Gasteiger partial charge in [-0.05, 0) is 31.0 Å². The molecule has 0 radical (unpaired) electrons. The number of methoxy groups -OCH3 is 1. The maximum atomic E-state index is 13.5. The Balaban J connectivity index is 1.84. The molecule has 2 N–H and O–H groups in total. The lowest BCUT2D eigenvalue weighted by Crippen LogP contribution is -2.25. The van der Waals surface area contributed by atoms with Gasteiger partial charge in [0.15, 0.2) is 0 Å². The standard InChI is InChI=1S/C18H16FN3O2/c1-24-16-9-15-13(8-14(16)18(23)20-12-5-6-12)17(22-21-15)10-3-2-4-11(19)7-10/h2-4,7-9,12H,5-6H2,1H3,(H,20,23)(H,21,22). The number of hydrogen-bond acceptors (Lipinski definition) is 3. The summed E-state index contributed by atoms with van der Waals surface area (Å²) in [4.78, 5) is 12.5. The highest BCUT2D eigenvalue weighted by molar-refractivity contribution is 6.04. The number of amides is 1. The monoisotopic (exact) mass is 325 g/mol. The fraction of sp³-hybridized carbons (Fsp3) is 0.222. The van der Waals surface area contributed by atoms with Crippen molar-refractivity contribution in [2.45, 2.75) is 18.9 Å². The Hall–Kier alpha value is -2.89. The van der Waals surface area contributed by atoms with E-state index in [-0.39, 0.29) is 17.8 Å². The second-order valence-electron chi connectivity index (χ2n) is 5.93. The zero-order chi connectivity index (χ0) is 16.7. The molecule has 0 spiro atoms. The highest BCUT2D eigenvalue weighted by Crippen LogP contribution is 2.32. The number of carbonyl (C=O) groups is 1. The smallest absolute Gasteiger partial charge is 0.255 e. The van der Waals surface area contributed by atoms with E-state index in [1.54, 1.807) is 24.3 Å². The first-order valence-electron chi connectivity index (χ1n) is 7.78. The molecule has 3 aromatic rings. The normalized spacial score (nSPS) is 13.9. The van der Waals surface area contributed by atoms with Gasteiger partial charge in [0, 0.05) is 23.1 Å². The van der Waals surface area contributed by atoms with Gasteiger partial charge in [0.25, 0.3) is 5.91 Å². The summed E-state index contributed by atoms with van der Waals surface area (Å²) in [5.74, 6) is -0.0124. The molecule has 122 valence electrons. The van der Waals surface area contributed by atoms with E-state index >= 15 is 0 Å². The second kappa shape index (κ2) is 5.63. The van der Waals surface area contributed by atoms with E-state index in [4.69, 9.17) is 4.74 Å². The van der Waals surface area contributed by atoms with Gasteiger partial charge in [0.05, 0.1) is 18.2 Å². The molecule has 1 heterocycles. The van der Waals surface area contributed by atoms with Gasteiger partial charge in [-0.1, -0.05) is 12.1 Å². The van der Waals surface area contributed by atoms with Gasteiger partial charge < -0.3 is 10.1 Å². The van der Waals surface area contributed by atoms with Crippen LogP contribution < -0.4 is 10.1 Å². The van der Waals surface area contributed by atoms with E-state index in [2.05, 4.69) is 15.5 Å². The number of ether oxygens (including phenoxy) is 1. The Kier molecular flexibility index (Phi) is 3.45. The van der Waals surface area contributed by atoms with E-state index in [1.807, 2.05) is 0 Å². The van der Waals surface area contributed by atoms with Gasteiger partial charge in [-0.15, -0.1) is 0 Å². The number of nitrogens with zero attached hydrogens (tertiary/aromatic N) is 1. The first kappa shape index (κ1) is 14.7. The first-order valence-corrected chi connectivity index (χ1v) is 7.78. The molecule has 1 fully saturated rings. The SMILES string of the molecule is COc1cc2[nH]nc(-c3cccc(F)c3)c2cc1C(=O)NC1CC1. The van der Waals surface area contributed by atoms with Crippen LogP contribution >= 0.6 is 0 Å². The Labute approximate surface area is 137 Å². The fourth-order valence-corrected chi connectivity index (χ4v) is 2.74. The maximum absolute atomic E-state index is 13.5. The lowest BCUT2D eigenvalue weighted by Gasteiger charge is -2.09. The topological polar surface area (TPSA) is 67.0 Å².